The summed E-state index contributed by atoms with van der Waals surface area (Å²) in [4.78, 5) is 3.97. The van der Waals surface area contributed by atoms with Crippen molar-refractivity contribution in [3.8, 4) is 11.1 Å². The van der Waals surface area contributed by atoms with Gasteiger partial charge in [-0.3, -0.25) is 4.98 Å². The first kappa shape index (κ1) is 10.7. The van der Waals surface area contributed by atoms with Gasteiger partial charge >= 0.3 is 0 Å². The SMILES string of the molecule is Cc1cc(-c2cc(F)c(F)c(F)c2)ccn1. The topological polar surface area (TPSA) is 12.9 Å². The van der Waals surface area contributed by atoms with E-state index in [0.717, 1.165) is 17.8 Å². The van der Waals surface area contributed by atoms with Crippen molar-refractivity contribution in [3.05, 3.63) is 53.6 Å². The molecule has 0 aliphatic heterocycles. The van der Waals surface area contributed by atoms with Crippen molar-refractivity contribution >= 4 is 0 Å². The lowest BCUT2D eigenvalue weighted by atomic mass is 10.1. The minimum atomic E-state index is -1.45. The molecule has 2 rings (SSSR count). The Labute approximate surface area is 90.6 Å². The van der Waals surface area contributed by atoms with E-state index in [-0.39, 0.29) is 0 Å². The largest absolute Gasteiger partial charge is 0.262 e. The maximum absolute atomic E-state index is 13.0. The molecule has 0 atom stereocenters. The predicted octanol–water partition coefficient (Wildman–Crippen LogP) is 3.47. The van der Waals surface area contributed by atoms with Crippen molar-refractivity contribution in [1.82, 2.24) is 4.98 Å². The normalized spacial score (nSPS) is 10.5. The molecule has 1 aromatic carbocycles. The fourth-order valence-electron chi connectivity index (χ4n) is 1.45. The maximum atomic E-state index is 13.0. The molecular formula is C12H8F3N. The second-order valence-electron chi connectivity index (χ2n) is 3.44. The average Bonchev–Trinajstić information content (AvgIpc) is 2.25. The van der Waals surface area contributed by atoms with Gasteiger partial charge in [-0.15, -0.1) is 0 Å². The second-order valence-corrected chi connectivity index (χ2v) is 3.44. The molecule has 0 aliphatic carbocycles. The summed E-state index contributed by atoms with van der Waals surface area (Å²) in [6, 6.07) is 5.21. The van der Waals surface area contributed by atoms with Gasteiger partial charge in [0.05, 0.1) is 0 Å². The Morgan fingerprint density at radius 1 is 0.938 bits per heavy atom. The van der Waals surface area contributed by atoms with Crippen molar-refractivity contribution in [2.45, 2.75) is 6.92 Å². The van der Waals surface area contributed by atoms with Crippen LogP contribution >= 0.6 is 0 Å². The molecule has 0 amide bonds. The van der Waals surface area contributed by atoms with Crippen LogP contribution in [0.5, 0.6) is 0 Å². The summed E-state index contributed by atoms with van der Waals surface area (Å²) in [5.74, 6) is -3.83. The van der Waals surface area contributed by atoms with Crippen molar-refractivity contribution in [2.75, 3.05) is 0 Å². The molecule has 2 aromatic rings. The molecule has 0 saturated heterocycles. The highest BCUT2D eigenvalue weighted by Crippen LogP contribution is 2.23. The minimum Gasteiger partial charge on any atom is -0.262 e. The van der Waals surface area contributed by atoms with E-state index < -0.39 is 17.5 Å². The fourth-order valence-corrected chi connectivity index (χ4v) is 1.45. The minimum absolute atomic E-state index is 0.293. The van der Waals surface area contributed by atoms with Crippen molar-refractivity contribution < 1.29 is 13.2 Å². The molecule has 0 unspecified atom stereocenters. The van der Waals surface area contributed by atoms with E-state index in [1.807, 2.05) is 0 Å². The molecule has 1 nitrogen and oxygen atoms in total. The third-order valence-corrected chi connectivity index (χ3v) is 2.21. The molecule has 0 bridgehead atoms. The van der Waals surface area contributed by atoms with Gasteiger partial charge in [-0.2, -0.15) is 0 Å². The number of hydrogen-bond donors (Lipinski definition) is 0. The van der Waals surface area contributed by atoms with Crippen LogP contribution in [0.2, 0.25) is 0 Å². The summed E-state index contributed by atoms with van der Waals surface area (Å²) in [5, 5.41) is 0. The first-order valence-corrected chi connectivity index (χ1v) is 4.65. The molecular weight excluding hydrogens is 215 g/mol. The summed E-state index contributed by atoms with van der Waals surface area (Å²) < 4.78 is 38.7. The Morgan fingerprint density at radius 3 is 2.12 bits per heavy atom. The molecule has 0 N–H and O–H groups in total. The van der Waals surface area contributed by atoms with Gasteiger partial charge in [0, 0.05) is 11.9 Å². The number of hydrogen-bond acceptors (Lipinski definition) is 1. The van der Waals surface area contributed by atoms with Crippen molar-refractivity contribution in [3.63, 3.8) is 0 Å². The summed E-state index contributed by atoms with van der Waals surface area (Å²) in [6.07, 6.45) is 1.53. The zero-order valence-corrected chi connectivity index (χ0v) is 8.47. The zero-order valence-electron chi connectivity index (χ0n) is 8.47. The number of aryl methyl sites for hydroxylation is 1. The predicted molar refractivity (Wildman–Crippen MR) is 54.3 cm³/mol. The van der Waals surface area contributed by atoms with Gasteiger partial charge in [0.15, 0.2) is 17.5 Å². The molecule has 4 heteroatoms. The van der Waals surface area contributed by atoms with Crippen LogP contribution in [-0.2, 0) is 0 Å². The van der Waals surface area contributed by atoms with Crippen LogP contribution in [0.1, 0.15) is 5.69 Å². The van der Waals surface area contributed by atoms with Crippen LogP contribution in [0.3, 0.4) is 0 Å². The Hall–Kier alpha value is -1.84. The Morgan fingerprint density at radius 2 is 1.56 bits per heavy atom. The van der Waals surface area contributed by atoms with Crippen molar-refractivity contribution in [1.29, 1.82) is 0 Å². The standard InChI is InChI=1S/C12H8F3N/c1-7-4-8(2-3-16-7)9-5-10(13)12(15)11(14)6-9/h2-6H,1H3. The Kier molecular flexibility index (Phi) is 2.64. The van der Waals surface area contributed by atoms with E-state index in [2.05, 4.69) is 4.98 Å². The molecule has 0 fully saturated rings. The van der Waals surface area contributed by atoms with Crippen LogP contribution in [0, 0.1) is 24.4 Å². The molecule has 0 radical (unpaired) electrons. The molecule has 0 spiro atoms. The zero-order chi connectivity index (χ0) is 11.7. The lowest BCUT2D eigenvalue weighted by Crippen LogP contribution is -1.92. The van der Waals surface area contributed by atoms with Crippen LogP contribution < -0.4 is 0 Å². The van der Waals surface area contributed by atoms with Gasteiger partial charge in [0.1, 0.15) is 0 Å². The third kappa shape index (κ3) is 1.91. The molecule has 16 heavy (non-hydrogen) atoms. The van der Waals surface area contributed by atoms with E-state index in [4.69, 9.17) is 0 Å². The van der Waals surface area contributed by atoms with Crippen LogP contribution in [0.15, 0.2) is 30.5 Å². The number of aromatic nitrogens is 1. The first-order valence-electron chi connectivity index (χ1n) is 4.65. The monoisotopic (exact) mass is 223 g/mol. The quantitative estimate of drug-likeness (QED) is 0.674. The molecule has 1 aromatic heterocycles. The Balaban J connectivity index is 2.57. The van der Waals surface area contributed by atoms with Gasteiger partial charge in [0.2, 0.25) is 0 Å². The number of rotatable bonds is 1. The van der Waals surface area contributed by atoms with Gasteiger partial charge in [0.25, 0.3) is 0 Å². The summed E-state index contributed by atoms with van der Waals surface area (Å²) in [5.41, 5.74) is 1.62. The first-order chi connectivity index (χ1) is 7.58. The van der Waals surface area contributed by atoms with Gasteiger partial charge in [-0.25, -0.2) is 13.2 Å². The number of pyridine rings is 1. The van der Waals surface area contributed by atoms with E-state index in [0.29, 0.717) is 11.1 Å². The van der Waals surface area contributed by atoms with Gasteiger partial charge in [-0.1, -0.05) is 0 Å². The van der Waals surface area contributed by atoms with E-state index >= 15 is 0 Å². The van der Waals surface area contributed by atoms with Crippen LogP contribution in [0.25, 0.3) is 11.1 Å². The second kappa shape index (κ2) is 3.96. The summed E-state index contributed by atoms with van der Waals surface area (Å²) >= 11 is 0. The highest BCUT2D eigenvalue weighted by atomic mass is 19.2. The third-order valence-electron chi connectivity index (χ3n) is 2.21. The number of halogens is 3. The highest BCUT2D eigenvalue weighted by molar-refractivity contribution is 5.63. The highest BCUT2D eigenvalue weighted by Gasteiger charge is 2.11. The van der Waals surface area contributed by atoms with Crippen molar-refractivity contribution in [2.24, 2.45) is 0 Å². The van der Waals surface area contributed by atoms with E-state index in [1.165, 1.54) is 6.20 Å². The molecule has 1 heterocycles. The van der Waals surface area contributed by atoms with Crippen LogP contribution in [-0.4, -0.2) is 4.98 Å². The van der Waals surface area contributed by atoms with E-state index in [9.17, 15) is 13.2 Å². The van der Waals surface area contributed by atoms with Gasteiger partial charge < -0.3 is 0 Å². The number of benzene rings is 1. The Bertz CT molecular complexity index is 515. The average molecular weight is 223 g/mol. The lowest BCUT2D eigenvalue weighted by Gasteiger charge is -2.04. The lowest BCUT2D eigenvalue weighted by molar-refractivity contribution is 0.447. The number of nitrogens with zero attached hydrogens (tertiary/aromatic N) is 1. The molecule has 82 valence electrons. The smallest absolute Gasteiger partial charge is 0.194 e. The maximum Gasteiger partial charge on any atom is 0.194 e. The van der Waals surface area contributed by atoms with Crippen LogP contribution in [0.4, 0.5) is 13.2 Å². The molecule has 0 aliphatic rings. The molecule has 0 saturated carbocycles. The summed E-state index contributed by atoms with van der Waals surface area (Å²) in [6.45, 7) is 1.76. The summed E-state index contributed by atoms with van der Waals surface area (Å²) in [7, 11) is 0. The van der Waals surface area contributed by atoms with Gasteiger partial charge in [-0.05, 0) is 42.3 Å². The van der Waals surface area contributed by atoms with E-state index in [1.54, 1.807) is 19.1 Å². The fraction of sp³-hybridized carbons (Fsp3) is 0.0833.